The molecule has 5 nitrogen and oxygen atoms in total. The van der Waals surface area contributed by atoms with Crippen LogP contribution in [0.2, 0.25) is 0 Å². The third-order valence-electron chi connectivity index (χ3n) is 2.68. The smallest absolute Gasteiger partial charge is 0.262 e. The number of nitrogens with two attached hydrogens (primary N) is 1. The highest BCUT2D eigenvalue weighted by atomic mass is 79.9. The molecular formula is C13H12BrFN2O3S. The average molecular weight is 375 g/mol. The van der Waals surface area contributed by atoms with E-state index in [2.05, 4.69) is 20.7 Å². The Hall–Kier alpha value is -1.80. The van der Waals surface area contributed by atoms with Crippen molar-refractivity contribution in [3.05, 3.63) is 46.7 Å². The summed E-state index contributed by atoms with van der Waals surface area (Å²) in [7, 11) is -2.71. The Morgan fingerprint density at radius 1 is 1.29 bits per heavy atom. The first-order valence-electron chi connectivity index (χ1n) is 5.75. The number of sulfonamides is 1. The van der Waals surface area contributed by atoms with E-state index in [9.17, 15) is 12.8 Å². The highest BCUT2D eigenvalue weighted by Crippen LogP contribution is 2.30. The van der Waals surface area contributed by atoms with Crippen LogP contribution in [0.25, 0.3) is 0 Å². The van der Waals surface area contributed by atoms with Gasteiger partial charge in [0.15, 0.2) is 11.6 Å². The van der Waals surface area contributed by atoms with Crippen LogP contribution in [-0.2, 0) is 10.0 Å². The van der Waals surface area contributed by atoms with Crippen LogP contribution in [0.4, 0.5) is 15.8 Å². The number of hydrogen-bond donors (Lipinski definition) is 2. The molecule has 0 saturated heterocycles. The Morgan fingerprint density at radius 3 is 2.52 bits per heavy atom. The van der Waals surface area contributed by atoms with Crippen LogP contribution in [0.3, 0.4) is 0 Å². The Labute approximate surface area is 130 Å². The molecular weight excluding hydrogens is 363 g/mol. The number of methoxy groups -OCH3 is 1. The molecule has 2 aromatic carbocycles. The lowest BCUT2D eigenvalue weighted by Gasteiger charge is -2.12. The molecule has 0 aliphatic carbocycles. The first-order chi connectivity index (χ1) is 9.85. The maximum Gasteiger partial charge on any atom is 0.262 e. The zero-order valence-corrected chi connectivity index (χ0v) is 13.3. The Morgan fingerprint density at radius 2 is 1.95 bits per heavy atom. The van der Waals surface area contributed by atoms with Crippen LogP contribution in [0.5, 0.6) is 5.75 Å². The number of nitrogen functional groups attached to an aromatic ring is 1. The molecule has 8 heteroatoms. The summed E-state index contributed by atoms with van der Waals surface area (Å²) in [6.45, 7) is 0. The Bertz CT molecular complexity index is 758. The molecule has 112 valence electrons. The molecule has 0 heterocycles. The van der Waals surface area contributed by atoms with Crippen LogP contribution < -0.4 is 15.2 Å². The summed E-state index contributed by atoms with van der Waals surface area (Å²) in [4.78, 5) is -0.283. The molecule has 0 spiro atoms. The van der Waals surface area contributed by atoms with E-state index in [-0.39, 0.29) is 16.3 Å². The Kier molecular flexibility index (Phi) is 4.38. The molecule has 0 aliphatic heterocycles. The fourth-order valence-electron chi connectivity index (χ4n) is 1.71. The molecule has 0 bridgehead atoms. The molecule has 0 aliphatic rings. The van der Waals surface area contributed by atoms with E-state index in [4.69, 9.17) is 10.5 Å². The summed E-state index contributed by atoms with van der Waals surface area (Å²) in [5.74, 6) is -1.03. The molecule has 2 aromatic rings. The van der Waals surface area contributed by atoms with Gasteiger partial charge in [0.25, 0.3) is 10.0 Å². The van der Waals surface area contributed by atoms with E-state index in [1.165, 1.54) is 7.11 Å². The van der Waals surface area contributed by atoms with E-state index >= 15 is 0 Å². The molecule has 0 aromatic heterocycles. The first kappa shape index (κ1) is 15.6. The molecule has 0 atom stereocenters. The molecule has 21 heavy (non-hydrogen) atoms. The van der Waals surface area contributed by atoms with Gasteiger partial charge in [-0.15, -0.1) is 0 Å². The van der Waals surface area contributed by atoms with Gasteiger partial charge in [0, 0.05) is 4.47 Å². The van der Waals surface area contributed by atoms with Crippen molar-refractivity contribution >= 4 is 37.3 Å². The topological polar surface area (TPSA) is 81.4 Å². The third-order valence-corrected chi connectivity index (χ3v) is 4.71. The van der Waals surface area contributed by atoms with Gasteiger partial charge in [-0.1, -0.05) is 12.1 Å². The minimum Gasteiger partial charge on any atom is -0.492 e. The zero-order valence-electron chi connectivity index (χ0n) is 10.9. The summed E-state index contributed by atoms with van der Waals surface area (Å²) in [5.41, 5.74) is 5.83. The maximum absolute atomic E-state index is 13.8. The van der Waals surface area contributed by atoms with Crippen molar-refractivity contribution in [3.63, 3.8) is 0 Å². The van der Waals surface area contributed by atoms with Gasteiger partial charge < -0.3 is 10.5 Å². The van der Waals surface area contributed by atoms with Crippen molar-refractivity contribution in [2.75, 3.05) is 17.6 Å². The summed E-state index contributed by atoms with van der Waals surface area (Å²) in [6.07, 6.45) is 0. The van der Waals surface area contributed by atoms with Gasteiger partial charge >= 0.3 is 0 Å². The van der Waals surface area contributed by atoms with Crippen LogP contribution in [-0.4, -0.2) is 15.5 Å². The summed E-state index contributed by atoms with van der Waals surface area (Å²) in [6, 6.07) is 8.67. The van der Waals surface area contributed by atoms with Crippen molar-refractivity contribution in [1.82, 2.24) is 0 Å². The number of ether oxygens (including phenoxy) is 1. The van der Waals surface area contributed by atoms with Gasteiger partial charge in [-0.3, -0.25) is 4.72 Å². The first-order valence-corrected chi connectivity index (χ1v) is 8.03. The van der Waals surface area contributed by atoms with E-state index in [0.29, 0.717) is 10.2 Å². The number of para-hydroxylation sites is 1. The van der Waals surface area contributed by atoms with Crippen LogP contribution in [0.15, 0.2) is 45.8 Å². The zero-order chi connectivity index (χ0) is 15.6. The van der Waals surface area contributed by atoms with Gasteiger partial charge in [0.2, 0.25) is 0 Å². The second-order valence-electron chi connectivity index (χ2n) is 4.11. The standard InChI is InChI=1S/C13H12BrFN2O3S/c1-20-13-10(15)6-8(7-11(13)16)21(18,19)17-12-5-3-2-4-9(12)14/h2-7,17H,16H2,1H3. The highest BCUT2D eigenvalue weighted by molar-refractivity contribution is 9.10. The van der Waals surface area contributed by atoms with E-state index in [1.807, 2.05) is 0 Å². The van der Waals surface area contributed by atoms with Crippen molar-refractivity contribution in [2.24, 2.45) is 0 Å². The van der Waals surface area contributed by atoms with Crippen LogP contribution in [0.1, 0.15) is 0 Å². The van der Waals surface area contributed by atoms with Crippen molar-refractivity contribution in [3.8, 4) is 5.75 Å². The summed E-state index contributed by atoms with van der Waals surface area (Å²) < 4.78 is 46.0. The fourth-order valence-corrected chi connectivity index (χ4v) is 3.35. The minimum absolute atomic E-state index is 0.0926. The second kappa shape index (κ2) is 5.90. The van der Waals surface area contributed by atoms with E-state index in [1.54, 1.807) is 24.3 Å². The summed E-state index contributed by atoms with van der Waals surface area (Å²) in [5, 5.41) is 0. The molecule has 0 saturated carbocycles. The minimum atomic E-state index is -3.96. The lowest BCUT2D eigenvalue weighted by molar-refractivity contribution is 0.388. The largest absolute Gasteiger partial charge is 0.492 e. The molecule has 2 rings (SSSR count). The molecule has 0 unspecified atom stereocenters. The molecule has 0 amide bonds. The lowest BCUT2D eigenvalue weighted by atomic mass is 10.3. The predicted molar refractivity (Wildman–Crippen MR) is 82.3 cm³/mol. The van der Waals surface area contributed by atoms with Crippen LogP contribution >= 0.6 is 15.9 Å². The summed E-state index contributed by atoms with van der Waals surface area (Å²) >= 11 is 3.23. The van der Waals surface area contributed by atoms with Crippen LogP contribution in [0, 0.1) is 5.82 Å². The Balaban J connectivity index is 2.43. The number of anilines is 2. The maximum atomic E-state index is 13.8. The monoisotopic (exact) mass is 374 g/mol. The number of nitrogens with one attached hydrogen (secondary N) is 1. The number of rotatable bonds is 4. The number of halogens is 2. The molecule has 0 fully saturated rings. The molecule has 3 N–H and O–H groups in total. The third kappa shape index (κ3) is 3.27. The SMILES string of the molecule is COc1c(N)cc(S(=O)(=O)Nc2ccccc2Br)cc1F. The lowest BCUT2D eigenvalue weighted by Crippen LogP contribution is -2.14. The fraction of sp³-hybridized carbons (Fsp3) is 0.0769. The van der Waals surface area contributed by atoms with Gasteiger partial charge in [-0.2, -0.15) is 0 Å². The number of hydrogen-bond acceptors (Lipinski definition) is 4. The van der Waals surface area contributed by atoms with Gasteiger partial charge in [0.1, 0.15) is 0 Å². The van der Waals surface area contributed by atoms with Crippen molar-refractivity contribution in [1.29, 1.82) is 0 Å². The highest BCUT2D eigenvalue weighted by Gasteiger charge is 2.20. The van der Waals surface area contributed by atoms with Crippen molar-refractivity contribution < 1.29 is 17.5 Å². The predicted octanol–water partition coefficient (Wildman–Crippen LogP) is 2.98. The normalized spacial score (nSPS) is 11.2. The quantitative estimate of drug-likeness (QED) is 0.806. The average Bonchev–Trinajstić information content (AvgIpc) is 2.41. The number of benzene rings is 2. The van der Waals surface area contributed by atoms with Gasteiger partial charge in [0.05, 0.1) is 23.4 Å². The van der Waals surface area contributed by atoms with E-state index < -0.39 is 15.8 Å². The van der Waals surface area contributed by atoms with E-state index in [0.717, 1.165) is 12.1 Å². The van der Waals surface area contributed by atoms with Gasteiger partial charge in [-0.05, 0) is 40.2 Å². The second-order valence-corrected chi connectivity index (χ2v) is 6.65. The van der Waals surface area contributed by atoms with Crippen molar-refractivity contribution in [2.45, 2.75) is 4.90 Å². The molecule has 0 radical (unpaired) electrons. The van der Waals surface area contributed by atoms with Gasteiger partial charge in [-0.25, -0.2) is 12.8 Å².